The molecule has 0 saturated heterocycles. The Hall–Kier alpha value is -3.39. The van der Waals surface area contributed by atoms with Gasteiger partial charge in [0.1, 0.15) is 5.01 Å². The first-order valence-electron chi connectivity index (χ1n) is 9.76. The SMILES string of the molecule is CCC(CC)c1nnc(NC(=O)c2cccc(N3C(=O)c4ccccc4C3=O)c2)s1. The van der Waals surface area contributed by atoms with Crippen LogP contribution in [0.25, 0.3) is 0 Å². The monoisotopic (exact) mass is 420 g/mol. The van der Waals surface area contributed by atoms with Crippen LogP contribution in [0.5, 0.6) is 0 Å². The van der Waals surface area contributed by atoms with Gasteiger partial charge in [0.05, 0.1) is 16.8 Å². The summed E-state index contributed by atoms with van der Waals surface area (Å²) in [5.41, 5.74) is 1.40. The van der Waals surface area contributed by atoms with Gasteiger partial charge in [0.2, 0.25) is 5.13 Å². The van der Waals surface area contributed by atoms with Crippen molar-refractivity contribution in [2.45, 2.75) is 32.6 Å². The molecule has 4 rings (SSSR count). The summed E-state index contributed by atoms with van der Waals surface area (Å²) in [6.07, 6.45) is 1.92. The van der Waals surface area contributed by atoms with E-state index in [1.165, 1.54) is 17.4 Å². The molecule has 0 spiro atoms. The number of carbonyl (C=O) groups is 3. The van der Waals surface area contributed by atoms with Crippen molar-refractivity contribution in [3.8, 4) is 0 Å². The van der Waals surface area contributed by atoms with Crippen molar-refractivity contribution in [2.24, 2.45) is 0 Å². The Morgan fingerprint density at radius 3 is 2.30 bits per heavy atom. The predicted molar refractivity (Wildman–Crippen MR) is 115 cm³/mol. The van der Waals surface area contributed by atoms with Crippen LogP contribution in [0.4, 0.5) is 10.8 Å². The van der Waals surface area contributed by atoms with E-state index in [0.29, 0.717) is 33.4 Å². The lowest BCUT2D eigenvalue weighted by Crippen LogP contribution is -2.29. The van der Waals surface area contributed by atoms with Crippen LogP contribution in [0.1, 0.15) is 68.7 Å². The van der Waals surface area contributed by atoms with Crippen LogP contribution in [0.15, 0.2) is 48.5 Å². The molecule has 7 nitrogen and oxygen atoms in total. The van der Waals surface area contributed by atoms with Gasteiger partial charge in [-0.3, -0.25) is 19.7 Å². The molecule has 0 radical (unpaired) electrons. The fraction of sp³-hybridized carbons (Fsp3) is 0.227. The van der Waals surface area contributed by atoms with Crippen molar-refractivity contribution in [1.82, 2.24) is 10.2 Å². The summed E-state index contributed by atoms with van der Waals surface area (Å²) in [6, 6.07) is 13.1. The summed E-state index contributed by atoms with van der Waals surface area (Å²) in [5, 5.41) is 12.3. The summed E-state index contributed by atoms with van der Waals surface area (Å²) < 4.78 is 0. The maximum Gasteiger partial charge on any atom is 0.266 e. The lowest BCUT2D eigenvalue weighted by atomic mass is 10.1. The van der Waals surface area contributed by atoms with Crippen molar-refractivity contribution in [3.63, 3.8) is 0 Å². The standard InChI is InChI=1S/C22H20N4O3S/c1-3-13(4-2)19-24-25-22(30-19)23-18(27)14-8-7-9-15(12-14)26-20(28)16-10-5-6-11-17(16)21(26)29/h5-13H,3-4H2,1-2H3,(H,23,25,27). The molecule has 1 aliphatic rings. The molecule has 30 heavy (non-hydrogen) atoms. The number of carbonyl (C=O) groups excluding carboxylic acids is 3. The van der Waals surface area contributed by atoms with Crippen LogP contribution in [-0.4, -0.2) is 27.9 Å². The molecule has 0 aliphatic carbocycles. The average molecular weight is 420 g/mol. The molecule has 152 valence electrons. The average Bonchev–Trinajstić information content (AvgIpc) is 3.32. The van der Waals surface area contributed by atoms with Crippen molar-refractivity contribution in [3.05, 3.63) is 70.2 Å². The Morgan fingerprint density at radius 2 is 1.67 bits per heavy atom. The topological polar surface area (TPSA) is 92.3 Å². The van der Waals surface area contributed by atoms with Crippen LogP contribution in [0.2, 0.25) is 0 Å². The summed E-state index contributed by atoms with van der Waals surface area (Å²) in [6.45, 7) is 4.19. The minimum absolute atomic E-state index is 0.323. The fourth-order valence-corrected chi connectivity index (χ4v) is 4.47. The lowest BCUT2D eigenvalue weighted by Gasteiger charge is -2.14. The van der Waals surface area contributed by atoms with Crippen LogP contribution < -0.4 is 10.2 Å². The first-order valence-corrected chi connectivity index (χ1v) is 10.6. The van der Waals surface area contributed by atoms with Crippen LogP contribution in [0.3, 0.4) is 0 Å². The molecule has 1 N–H and O–H groups in total. The van der Waals surface area contributed by atoms with E-state index in [0.717, 1.165) is 22.7 Å². The van der Waals surface area contributed by atoms with Gasteiger partial charge in [-0.1, -0.05) is 43.4 Å². The van der Waals surface area contributed by atoms with E-state index in [9.17, 15) is 14.4 Å². The molecular formula is C22H20N4O3S. The van der Waals surface area contributed by atoms with E-state index in [1.807, 2.05) is 0 Å². The first-order chi connectivity index (χ1) is 14.5. The Morgan fingerprint density at radius 1 is 1.00 bits per heavy atom. The summed E-state index contributed by atoms with van der Waals surface area (Å²) >= 11 is 1.36. The molecule has 1 aromatic heterocycles. The molecular weight excluding hydrogens is 400 g/mol. The highest BCUT2D eigenvalue weighted by Gasteiger charge is 2.36. The van der Waals surface area contributed by atoms with Gasteiger partial charge >= 0.3 is 0 Å². The number of benzene rings is 2. The number of imide groups is 1. The van der Waals surface area contributed by atoms with Crippen molar-refractivity contribution in [2.75, 3.05) is 10.2 Å². The van der Waals surface area contributed by atoms with Gasteiger partial charge in [0.15, 0.2) is 0 Å². The molecule has 0 fully saturated rings. The highest BCUT2D eigenvalue weighted by Crippen LogP contribution is 2.30. The van der Waals surface area contributed by atoms with E-state index >= 15 is 0 Å². The molecule has 0 atom stereocenters. The second-order valence-electron chi connectivity index (χ2n) is 6.95. The van der Waals surface area contributed by atoms with Crippen molar-refractivity contribution >= 4 is 39.9 Å². The molecule has 3 aromatic rings. The number of aromatic nitrogens is 2. The number of hydrogen-bond donors (Lipinski definition) is 1. The smallest absolute Gasteiger partial charge is 0.266 e. The van der Waals surface area contributed by atoms with Gasteiger partial charge in [-0.15, -0.1) is 10.2 Å². The molecule has 3 amide bonds. The van der Waals surface area contributed by atoms with E-state index in [1.54, 1.807) is 42.5 Å². The number of nitrogens with zero attached hydrogens (tertiary/aromatic N) is 3. The van der Waals surface area contributed by atoms with Gasteiger partial charge in [-0.05, 0) is 43.2 Å². The fourth-order valence-electron chi connectivity index (χ4n) is 3.47. The number of fused-ring (bicyclic) bond motifs is 1. The zero-order chi connectivity index (χ0) is 21.3. The molecule has 0 bridgehead atoms. The van der Waals surface area contributed by atoms with Crippen LogP contribution >= 0.6 is 11.3 Å². The summed E-state index contributed by atoms with van der Waals surface area (Å²) in [4.78, 5) is 39.2. The number of hydrogen-bond acceptors (Lipinski definition) is 6. The largest absolute Gasteiger partial charge is 0.296 e. The third kappa shape index (κ3) is 3.50. The molecule has 8 heteroatoms. The molecule has 0 unspecified atom stereocenters. The Kier molecular flexibility index (Phi) is 5.41. The Labute approximate surface area is 177 Å². The van der Waals surface area contributed by atoms with Crippen molar-refractivity contribution < 1.29 is 14.4 Å². The number of amides is 3. The predicted octanol–water partition coefficient (Wildman–Crippen LogP) is 4.49. The zero-order valence-electron chi connectivity index (χ0n) is 16.6. The third-order valence-corrected chi connectivity index (χ3v) is 6.16. The lowest BCUT2D eigenvalue weighted by molar-refractivity contribution is 0.0924. The molecule has 1 aliphatic heterocycles. The van der Waals surface area contributed by atoms with Gasteiger partial charge in [0, 0.05) is 11.5 Å². The zero-order valence-corrected chi connectivity index (χ0v) is 17.4. The van der Waals surface area contributed by atoms with Gasteiger partial charge < -0.3 is 0 Å². The summed E-state index contributed by atoms with van der Waals surface area (Å²) in [5.74, 6) is -0.842. The summed E-state index contributed by atoms with van der Waals surface area (Å²) in [7, 11) is 0. The maximum absolute atomic E-state index is 12.7. The van der Waals surface area contributed by atoms with Gasteiger partial charge in [-0.25, -0.2) is 4.90 Å². The molecule has 0 saturated carbocycles. The number of nitrogens with one attached hydrogen (secondary N) is 1. The second kappa shape index (κ2) is 8.16. The molecule has 2 aromatic carbocycles. The van der Waals surface area contributed by atoms with E-state index in [4.69, 9.17) is 0 Å². The minimum Gasteiger partial charge on any atom is -0.296 e. The van der Waals surface area contributed by atoms with Crippen LogP contribution in [0, 0.1) is 0 Å². The maximum atomic E-state index is 12.7. The Bertz CT molecular complexity index is 1100. The second-order valence-corrected chi connectivity index (χ2v) is 7.96. The van der Waals surface area contributed by atoms with E-state index in [-0.39, 0.29) is 5.91 Å². The number of rotatable bonds is 6. The van der Waals surface area contributed by atoms with Crippen molar-refractivity contribution in [1.29, 1.82) is 0 Å². The highest BCUT2D eigenvalue weighted by atomic mass is 32.1. The minimum atomic E-state index is -0.396. The normalized spacial score (nSPS) is 13.1. The van der Waals surface area contributed by atoms with Gasteiger partial charge in [-0.2, -0.15) is 0 Å². The quantitative estimate of drug-likeness (QED) is 0.593. The third-order valence-electron chi connectivity index (χ3n) is 5.16. The van der Waals surface area contributed by atoms with E-state index in [2.05, 4.69) is 29.4 Å². The Balaban J connectivity index is 1.55. The highest BCUT2D eigenvalue weighted by molar-refractivity contribution is 7.15. The first kappa shape index (κ1) is 19.9. The van der Waals surface area contributed by atoms with Gasteiger partial charge in [0.25, 0.3) is 17.7 Å². The molecule has 2 heterocycles. The number of anilines is 2. The van der Waals surface area contributed by atoms with Crippen LogP contribution in [-0.2, 0) is 0 Å². The van der Waals surface area contributed by atoms with E-state index < -0.39 is 11.8 Å².